The van der Waals surface area contributed by atoms with Gasteiger partial charge in [-0.25, -0.2) is 9.59 Å². The van der Waals surface area contributed by atoms with Crippen molar-refractivity contribution in [3.8, 4) is 0 Å². The van der Waals surface area contributed by atoms with E-state index in [0.717, 1.165) is 19.2 Å². The SMILES string of the molecule is COC(=O)c1ccc(S(=O)(=O)O)cc1C(=O)O. The Balaban J connectivity index is 3.48. The summed E-state index contributed by atoms with van der Waals surface area (Å²) in [6.45, 7) is 0. The smallest absolute Gasteiger partial charge is 0.338 e. The molecule has 1 aromatic rings. The number of methoxy groups -OCH3 is 1. The van der Waals surface area contributed by atoms with E-state index in [1.165, 1.54) is 0 Å². The first-order valence-corrected chi connectivity index (χ1v) is 5.64. The van der Waals surface area contributed by atoms with Gasteiger partial charge in [0.1, 0.15) is 0 Å². The molecule has 0 amide bonds. The van der Waals surface area contributed by atoms with Crippen molar-refractivity contribution in [1.82, 2.24) is 0 Å². The molecule has 0 unspecified atom stereocenters. The molecule has 7 nitrogen and oxygen atoms in total. The number of hydrogen-bond donors (Lipinski definition) is 2. The van der Waals surface area contributed by atoms with Gasteiger partial charge in [0.15, 0.2) is 0 Å². The first-order valence-electron chi connectivity index (χ1n) is 4.20. The van der Waals surface area contributed by atoms with E-state index in [9.17, 15) is 18.0 Å². The Morgan fingerprint density at radius 3 is 2.24 bits per heavy atom. The number of hydrogen-bond acceptors (Lipinski definition) is 5. The number of carbonyl (C=O) groups is 2. The van der Waals surface area contributed by atoms with Gasteiger partial charge >= 0.3 is 11.9 Å². The van der Waals surface area contributed by atoms with Gasteiger partial charge in [-0.3, -0.25) is 4.55 Å². The predicted octanol–water partition coefficient (Wildman–Crippen LogP) is 0.418. The maximum Gasteiger partial charge on any atom is 0.338 e. The van der Waals surface area contributed by atoms with Crippen LogP contribution in [0.5, 0.6) is 0 Å². The number of aromatic carboxylic acids is 1. The molecule has 0 aliphatic heterocycles. The summed E-state index contributed by atoms with van der Waals surface area (Å²) in [5.74, 6) is -2.42. The Morgan fingerprint density at radius 2 is 1.82 bits per heavy atom. The van der Waals surface area contributed by atoms with E-state index in [-0.39, 0.29) is 5.56 Å². The number of carboxylic acid groups (broad SMARTS) is 1. The summed E-state index contributed by atoms with van der Waals surface area (Å²) < 4.78 is 34.7. The van der Waals surface area contributed by atoms with Gasteiger partial charge in [-0.15, -0.1) is 0 Å². The van der Waals surface area contributed by atoms with E-state index < -0.39 is 32.5 Å². The van der Waals surface area contributed by atoms with E-state index in [4.69, 9.17) is 9.66 Å². The second-order valence-electron chi connectivity index (χ2n) is 2.98. The van der Waals surface area contributed by atoms with Gasteiger partial charge < -0.3 is 9.84 Å². The van der Waals surface area contributed by atoms with E-state index in [2.05, 4.69) is 4.74 Å². The highest BCUT2D eigenvalue weighted by Gasteiger charge is 2.20. The standard InChI is InChI=1S/C9H8O7S/c1-16-9(12)6-3-2-5(17(13,14)15)4-7(6)8(10)11/h2-4H,1H3,(H,10,11)(H,13,14,15). The molecule has 0 spiro atoms. The molecule has 1 aromatic carbocycles. The third-order valence-corrected chi connectivity index (χ3v) is 2.77. The Hall–Kier alpha value is -1.93. The molecular formula is C9H8O7S. The number of ether oxygens (including phenoxy) is 1. The number of benzene rings is 1. The van der Waals surface area contributed by atoms with Crippen LogP contribution < -0.4 is 0 Å². The Morgan fingerprint density at radius 1 is 1.24 bits per heavy atom. The third kappa shape index (κ3) is 2.80. The zero-order valence-electron chi connectivity index (χ0n) is 8.58. The lowest BCUT2D eigenvalue weighted by Crippen LogP contribution is -2.11. The first-order chi connectivity index (χ1) is 7.77. The Labute approximate surface area is 96.4 Å². The van der Waals surface area contributed by atoms with Crippen molar-refractivity contribution in [2.45, 2.75) is 4.90 Å². The molecule has 0 radical (unpaired) electrons. The fourth-order valence-corrected chi connectivity index (χ4v) is 1.66. The number of carboxylic acids is 1. The van der Waals surface area contributed by atoms with E-state index >= 15 is 0 Å². The fourth-order valence-electron chi connectivity index (χ4n) is 1.15. The molecule has 92 valence electrons. The average Bonchev–Trinajstić information content (AvgIpc) is 2.25. The van der Waals surface area contributed by atoms with Crippen LogP contribution in [0.2, 0.25) is 0 Å². The van der Waals surface area contributed by atoms with Crippen molar-refractivity contribution >= 4 is 22.1 Å². The topological polar surface area (TPSA) is 118 Å². The van der Waals surface area contributed by atoms with Crippen LogP contribution in [-0.4, -0.2) is 37.1 Å². The van der Waals surface area contributed by atoms with Gasteiger partial charge in [-0.2, -0.15) is 8.42 Å². The van der Waals surface area contributed by atoms with Crippen LogP contribution >= 0.6 is 0 Å². The lowest BCUT2D eigenvalue weighted by atomic mass is 10.1. The maximum atomic E-state index is 11.2. The monoisotopic (exact) mass is 260 g/mol. The summed E-state index contributed by atoms with van der Waals surface area (Å²) in [4.78, 5) is 21.4. The van der Waals surface area contributed by atoms with Crippen molar-refractivity contribution in [3.63, 3.8) is 0 Å². The van der Waals surface area contributed by atoms with Gasteiger partial charge in [0.05, 0.1) is 23.1 Å². The van der Waals surface area contributed by atoms with Gasteiger partial charge in [0.2, 0.25) is 0 Å². The number of rotatable bonds is 3. The van der Waals surface area contributed by atoms with Crippen LogP contribution in [0.1, 0.15) is 20.7 Å². The quantitative estimate of drug-likeness (QED) is 0.597. The number of esters is 1. The lowest BCUT2D eigenvalue weighted by Gasteiger charge is -2.05. The summed E-state index contributed by atoms with van der Waals surface area (Å²) in [6, 6.07) is 2.55. The molecule has 1 rings (SSSR count). The summed E-state index contributed by atoms with van der Waals surface area (Å²) in [6.07, 6.45) is 0. The van der Waals surface area contributed by atoms with Crippen LogP contribution in [0.4, 0.5) is 0 Å². The minimum atomic E-state index is -4.52. The lowest BCUT2D eigenvalue weighted by molar-refractivity contribution is 0.0582. The largest absolute Gasteiger partial charge is 0.478 e. The van der Waals surface area contributed by atoms with Gasteiger partial charge in [-0.1, -0.05) is 0 Å². The normalized spacial score (nSPS) is 10.9. The molecule has 17 heavy (non-hydrogen) atoms. The molecule has 0 atom stereocenters. The molecular weight excluding hydrogens is 252 g/mol. The third-order valence-electron chi connectivity index (χ3n) is 1.92. The molecule has 0 heterocycles. The second kappa shape index (κ2) is 4.52. The Kier molecular flexibility index (Phi) is 3.49. The van der Waals surface area contributed by atoms with Crippen LogP contribution in [-0.2, 0) is 14.9 Å². The average molecular weight is 260 g/mol. The molecule has 8 heteroatoms. The second-order valence-corrected chi connectivity index (χ2v) is 4.40. The summed E-state index contributed by atoms with van der Waals surface area (Å²) in [5.41, 5.74) is -0.862. The van der Waals surface area contributed by atoms with Gasteiger partial charge in [-0.05, 0) is 18.2 Å². The van der Waals surface area contributed by atoms with Gasteiger partial charge in [0.25, 0.3) is 10.1 Å². The summed E-state index contributed by atoms with van der Waals surface area (Å²) in [5, 5.41) is 8.82. The zero-order chi connectivity index (χ0) is 13.2. The molecule has 2 N–H and O–H groups in total. The maximum absolute atomic E-state index is 11.2. The molecule has 0 bridgehead atoms. The zero-order valence-corrected chi connectivity index (χ0v) is 9.39. The summed E-state index contributed by atoms with van der Waals surface area (Å²) >= 11 is 0. The van der Waals surface area contributed by atoms with Crippen LogP contribution in [0.3, 0.4) is 0 Å². The minimum absolute atomic E-state index is 0.299. The van der Waals surface area contributed by atoms with Crippen molar-refractivity contribution in [1.29, 1.82) is 0 Å². The van der Waals surface area contributed by atoms with E-state index in [0.29, 0.717) is 6.07 Å². The van der Waals surface area contributed by atoms with Crippen molar-refractivity contribution < 1.29 is 32.4 Å². The van der Waals surface area contributed by atoms with E-state index in [1.807, 2.05) is 0 Å². The minimum Gasteiger partial charge on any atom is -0.478 e. The highest BCUT2D eigenvalue weighted by Crippen LogP contribution is 2.17. The first kappa shape index (κ1) is 13.1. The van der Waals surface area contributed by atoms with Crippen molar-refractivity contribution in [3.05, 3.63) is 29.3 Å². The fraction of sp³-hybridized carbons (Fsp3) is 0.111. The van der Waals surface area contributed by atoms with Crippen LogP contribution in [0.15, 0.2) is 23.1 Å². The van der Waals surface area contributed by atoms with Crippen LogP contribution in [0, 0.1) is 0 Å². The van der Waals surface area contributed by atoms with Gasteiger partial charge in [0, 0.05) is 0 Å². The molecule has 0 aliphatic carbocycles. The van der Waals surface area contributed by atoms with Crippen molar-refractivity contribution in [2.75, 3.05) is 7.11 Å². The highest BCUT2D eigenvalue weighted by atomic mass is 32.2. The summed E-state index contributed by atoms with van der Waals surface area (Å²) in [7, 11) is -3.46. The molecule has 0 aliphatic rings. The Bertz CT molecular complexity index is 573. The molecule has 0 aromatic heterocycles. The van der Waals surface area contributed by atoms with E-state index in [1.54, 1.807) is 0 Å². The predicted molar refractivity (Wildman–Crippen MR) is 54.6 cm³/mol. The number of carbonyl (C=O) groups excluding carboxylic acids is 1. The molecule has 0 saturated heterocycles. The highest BCUT2D eigenvalue weighted by molar-refractivity contribution is 7.85. The van der Waals surface area contributed by atoms with Crippen LogP contribution in [0.25, 0.3) is 0 Å². The molecule has 0 fully saturated rings. The molecule has 0 saturated carbocycles. The van der Waals surface area contributed by atoms with Crippen molar-refractivity contribution in [2.24, 2.45) is 0 Å².